The van der Waals surface area contributed by atoms with Crippen molar-refractivity contribution in [2.75, 3.05) is 26.9 Å². The third-order valence-corrected chi connectivity index (χ3v) is 3.08. The highest BCUT2D eigenvalue weighted by molar-refractivity contribution is 5.97. The number of nitrogens with zero attached hydrogens (tertiary/aromatic N) is 1. The van der Waals surface area contributed by atoms with Crippen LogP contribution in [0.5, 0.6) is 5.75 Å². The van der Waals surface area contributed by atoms with Crippen molar-refractivity contribution < 1.29 is 28.6 Å². The third-order valence-electron chi connectivity index (χ3n) is 3.08. The quantitative estimate of drug-likeness (QED) is 0.886. The van der Waals surface area contributed by atoms with Crippen LogP contribution >= 0.6 is 0 Å². The number of aliphatic carboxylic acids is 1. The number of rotatable bonds is 3. The maximum absolute atomic E-state index is 13.9. The van der Waals surface area contributed by atoms with Gasteiger partial charge in [0.1, 0.15) is 11.6 Å². The Balaban J connectivity index is 2.27. The average Bonchev–Trinajstić information content (AvgIpc) is 2.46. The van der Waals surface area contributed by atoms with Gasteiger partial charge >= 0.3 is 5.97 Å². The number of carboxylic acid groups (broad SMARTS) is 1. The molecule has 20 heavy (non-hydrogen) atoms. The number of carboxylic acids is 1. The highest BCUT2D eigenvalue weighted by Gasteiger charge is 2.34. The van der Waals surface area contributed by atoms with Crippen molar-refractivity contribution >= 4 is 11.9 Å². The van der Waals surface area contributed by atoms with E-state index in [1.807, 2.05) is 0 Å². The summed E-state index contributed by atoms with van der Waals surface area (Å²) in [6, 6.07) is 2.72. The molecule has 2 rings (SSSR count). The first-order valence-electron chi connectivity index (χ1n) is 5.99. The minimum Gasteiger partial charge on any atom is -0.497 e. The zero-order chi connectivity index (χ0) is 14.7. The van der Waals surface area contributed by atoms with Crippen molar-refractivity contribution in [3.63, 3.8) is 0 Å². The number of morpholine rings is 1. The van der Waals surface area contributed by atoms with Crippen LogP contribution in [-0.4, -0.2) is 54.8 Å². The van der Waals surface area contributed by atoms with Gasteiger partial charge in [-0.1, -0.05) is 0 Å². The molecule has 1 N–H and O–H groups in total. The fourth-order valence-electron chi connectivity index (χ4n) is 2.00. The maximum Gasteiger partial charge on any atom is 0.328 e. The Morgan fingerprint density at radius 1 is 1.50 bits per heavy atom. The Bertz CT molecular complexity index is 533. The molecule has 1 atom stereocenters. The highest BCUT2D eigenvalue weighted by Crippen LogP contribution is 2.20. The normalized spacial score (nSPS) is 18.7. The summed E-state index contributed by atoms with van der Waals surface area (Å²) < 4.78 is 23.8. The first-order valence-corrected chi connectivity index (χ1v) is 5.99. The molecule has 1 aromatic rings. The van der Waals surface area contributed by atoms with Gasteiger partial charge in [-0.25, -0.2) is 9.18 Å². The van der Waals surface area contributed by atoms with E-state index >= 15 is 0 Å². The van der Waals surface area contributed by atoms with Gasteiger partial charge in [-0.2, -0.15) is 0 Å². The minimum atomic E-state index is -1.17. The van der Waals surface area contributed by atoms with Crippen molar-refractivity contribution in [3.05, 3.63) is 29.6 Å². The van der Waals surface area contributed by atoms with Gasteiger partial charge in [0.2, 0.25) is 0 Å². The Labute approximate surface area is 114 Å². The number of carbonyl (C=O) groups excluding carboxylic acids is 1. The first-order chi connectivity index (χ1) is 9.54. The zero-order valence-corrected chi connectivity index (χ0v) is 10.8. The van der Waals surface area contributed by atoms with Gasteiger partial charge in [0, 0.05) is 12.6 Å². The lowest BCUT2D eigenvalue weighted by Crippen LogP contribution is -2.52. The van der Waals surface area contributed by atoms with Gasteiger partial charge in [0.05, 0.1) is 25.9 Å². The van der Waals surface area contributed by atoms with Crippen LogP contribution in [0.2, 0.25) is 0 Å². The molecule has 1 aliphatic heterocycles. The number of carbonyl (C=O) groups is 2. The van der Waals surface area contributed by atoms with E-state index in [2.05, 4.69) is 0 Å². The van der Waals surface area contributed by atoms with E-state index in [9.17, 15) is 14.0 Å². The molecular formula is C13H14FNO5. The predicted molar refractivity (Wildman–Crippen MR) is 66.2 cm³/mol. The van der Waals surface area contributed by atoms with Gasteiger partial charge < -0.3 is 19.5 Å². The van der Waals surface area contributed by atoms with Crippen LogP contribution in [0.4, 0.5) is 4.39 Å². The van der Waals surface area contributed by atoms with Gasteiger partial charge in [0.15, 0.2) is 6.04 Å². The standard InChI is InChI=1S/C13H14FNO5/c1-19-8-2-3-9(10(14)6-8)12(16)15-4-5-20-7-11(15)13(17)18/h2-3,6,11H,4-5,7H2,1H3,(H,17,18). The number of methoxy groups -OCH3 is 1. The molecular weight excluding hydrogens is 269 g/mol. The highest BCUT2D eigenvalue weighted by atomic mass is 19.1. The summed E-state index contributed by atoms with van der Waals surface area (Å²) in [5.41, 5.74) is -0.182. The van der Waals surface area contributed by atoms with Crippen molar-refractivity contribution in [2.45, 2.75) is 6.04 Å². The lowest BCUT2D eigenvalue weighted by molar-refractivity contribution is -0.147. The SMILES string of the molecule is COc1ccc(C(=O)N2CCOCC2C(=O)O)c(F)c1. The number of hydrogen-bond acceptors (Lipinski definition) is 4. The number of hydrogen-bond donors (Lipinski definition) is 1. The average molecular weight is 283 g/mol. The maximum atomic E-state index is 13.9. The summed E-state index contributed by atoms with van der Waals surface area (Å²) in [6.45, 7) is 0.243. The topological polar surface area (TPSA) is 76.1 Å². The Hall–Kier alpha value is -2.15. The van der Waals surface area contributed by atoms with E-state index < -0.39 is 23.7 Å². The summed E-state index contributed by atoms with van der Waals surface area (Å²) in [6.07, 6.45) is 0. The summed E-state index contributed by atoms with van der Waals surface area (Å²) in [5.74, 6) is -2.30. The molecule has 1 fully saturated rings. The van der Waals surface area contributed by atoms with Crippen molar-refractivity contribution in [1.82, 2.24) is 4.90 Å². The largest absolute Gasteiger partial charge is 0.497 e. The molecule has 0 saturated carbocycles. The van der Waals surface area contributed by atoms with Gasteiger partial charge in [-0.3, -0.25) is 4.79 Å². The van der Waals surface area contributed by atoms with E-state index in [0.717, 1.165) is 11.0 Å². The van der Waals surface area contributed by atoms with E-state index in [4.69, 9.17) is 14.6 Å². The predicted octanol–water partition coefficient (Wildman–Crippen LogP) is 0.760. The molecule has 0 aromatic heterocycles. The van der Waals surface area contributed by atoms with E-state index in [-0.39, 0.29) is 31.1 Å². The molecule has 1 heterocycles. The van der Waals surface area contributed by atoms with Gasteiger partial charge in [0.25, 0.3) is 5.91 Å². The van der Waals surface area contributed by atoms with Crippen LogP contribution < -0.4 is 4.74 Å². The molecule has 0 radical (unpaired) electrons. The molecule has 0 bridgehead atoms. The Morgan fingerprint density at radius 3 is 2.85 bits per heavy atom. The van der Waals surface area contributed by atoms with Crippen molar-refractivity contribution in [3.8, 4) is 5.75 Å². The second kappa shape index (κ2) is 5.87. The molecule has 1 aromatic carbocycles. The molecule has 6 nitrogen and oxygen atoms in total. The second-order valence-electron chi connectivity index (χ2n) is 4.27. The van der Waals surface area contributed by atoms with Crippen LogP contribution in [-0.2, 0) is 9.53 Å². The summed E-state index contributed by atoms with van der Waals surface area (Å²) in [7, 11) is 1.39. The molecule has 1 unspecified atom stereocenters. The van der Waals surface area contributed by atoms with Crippen LogP contribution in [0.3, 0.4) is 0 Å². The minimum absolute atomic E-state index is 0.0984. The molecule has 1 aliphatic rings. The van der Waals surface area contributed by atoms with E-state index in [1.165, 1.54) is 19.2 Å². The zero-order valence-electron chi connectivity index (χ0n) is 10.8. The Kier molecular flexibility index (Phi) is 4.19. The molecule has 0 spiro atoms. The monoisotopic (exact) mass is 283 g/mol. The first kappa shape index (κ1) is 14.3. The van der Waals surface area contributed by atoms with Gasteiger partial charge in [-0.05, 0) is 12.1 Å². The number of halogens is 1. The van der Waals surface area contributed by atoms with E-state index in [1.54, 1.807) is 0 Å². The number of benzene rings is 1. The fraction of sp³-hybridized carbons (Fsp3) is 0.385. The molecule has 1 amide bonds. The lowest BCUT2D eigenvalue weighted by atomic mass is 10.1. The lowest BCUT2D eigenvalue weighted by Gasteiger charge is -2.32. The summed E-state index contributed by atoms with van der Waals surface area (Å²) in [5, 5.41) is 9.07. The van der Waals surface area contributed by atoms with Crippen LogP contribution in [0.25, 0.3) is 0 Å². The van der Waals surface area contributed by atoms with Crippen molar-refractivity contribution in [1.29, 1.82) is 0 Å². The third kappa shape index (κ3) is 2.72. The van der Waals surface area contributed by atoms with Crippen molar-refractivity contribution in [2.24, 2.45) is 0 Å². The molecule has 7 heteroatoms. The van der Waals surface area contributed by atoms with Crippen LogP contribution in [0.1, 0.15) is 10.4 Å². The summed E-state index contributed by atoms with van der Waals surface area (Å²) in [4.78, 5) is 24.5. The number of ether oxygens (including phenoxy) is 2. The smallest absolute Gasteiger partial charge is 0.328 e. The van der Waals surface area contributed by atoms with Gasteiger partial charge in [-0.15, -0.1) is 0 Å². The fourth-order valence-corrected chi connectivity index (χ4v) is 2.00. The Morgan fingerprint density at radius 2 is 2.25 bits per heavy atom. The second-order valence-corrected chi connectivity index (χ2v) is 4.27. The van der Waals surface area contributed by atoms with Crippen LogP contribution in [0.15, 0.2) is 18.2 Å². The molecule has 108 valence electrons. The molecule has 0 aliphatic carbocycles. The summed E-state index contributed by atoms with van der Waals surface area (Å²) >= 11 is 0. The molecule has 1 saturated heterocycles. The van der Waals surface area contributed by atoms with Crippen LogP contribution in [0, 0.1) is 5.82 Å². The van der Waals surface area contributed by atoms with E-state index in [0.29, 0.717) is 0 Å². The number of amides is 1.